The van der Waals surface area contributed by atoms with Crippen molar-refractivity contribution in [3.63, 3.8) is 0 Å². The minimum absolute atomic E-state index is 0.0120. The summed E-state index contributed by atoms with van der Waals surface area (Å²) in [4.78, 5) is 23.5. The number of alkyl halides is 3. The maximum atomic E-state index is 12.7. The first-order valence-electron chi connectivity index (χ1n) is 8.02. The van der Waals surface area contributed by atoms with Crippen LogP contribution in [0.3, 0.4) is 0 Å². The second-order valence-electron chi connectivity index (χ2n) is 6.29. The van der Waals surface area contributed by atoms with Crippen molar-refractivity contribution in [1.29, 1.82) is 0 Å². The van der Waals surface area contributed by atoms with Crippen LogP contribution in [0.2, 0.25) is 0 Å². The average molecular weight is 397 g/mol. The zero-order valence-electron chi connectivity index (χ0n) is 14.0. The highest BCUT2D eigenvalue weighted by atomic mass is 19.4. The van der Waals surface area contributed by atoms with Crippen LogP contribution in [0.15, 0.2) is 29.1 Å². The number of fused-ring (bicyclic) bond motifs is 3. The summed E-state index contributed by atoms with van der Waals surface area (Å²) in [6, 6.07) is 2.89. The molecule has 10 heteroatoms. The zero-order chi connectivity index (χ0) is 20.8. The van der Waals surface area contributed by atoms with Gasteiger partial charge in [0.15, 0.2) is 17.2 Å². The van der Waals surface area contributed by atoms with Gasteiger partial charge in [0, 0.05) is 5.56 Å². The van der Waals surface area contributed by atoms with Crippen LogP contribution in [-0.4, -0.2) is 32.5 Å². The van der Waals surface area contributed by atoms with E-state index < -0.39 is 46.6 Å². The Morgan fingerprint density at radius 1 is 1.04 bits per heavy atom. The van der Waals surface area contributed by atoms with Crippen molar-refractivity contribution < 1.29 is 38.4 Å². The van der Waals surface area contributed by atoms with Crippen molar-refractivity contribution in [3.05, 3.63) is 45.6 Å². The Hall–Kier alpha value is -3.43. The Balaban J connectivity index is 2.28. The first kappa shape index (κ1) is 19.3. The van der Waals surface area contributed by atoms with Crippen molar-refractivity contribution in [3.8, 4) is 34.1 Å². The van der Waals surface area contributed by atoms with E-state index in [1.54, 1.807) is 0 Å². The summed E-state index contributed by atoms with van der Waals surface area (Å²) in [6.07, 6.45) is -5.24. The number of carbonyl (C=O) groups is 1. The van der Waals surface area contributed by atoms with Gasteiger partial charge in [0.25, 0.3) is 0 Å². The minimum Gasteiger partial charge on any atom is -0.504 e. The Morgan fingerprint density at radius 2 is 1.71 bits per heavy atom. The van der Waals surface area contributed by atoms with E-state index in [4.69, 9.17) is 0 Å². The minimum atomic E-state index is -5.16. The molecular formula is C18H14F3NO6. The quantitative estimate of drug-likeness (QED) is 0.470. The number of hydrogen-bond acceptors (Lipinski definition) is 6. The average Bonchev–Trinajstić information content (AvgIpc) is 2.83. The molecule has 2 aromatic carbocycles. The molecule has 0 aliphatic heterocycles. The summed E-state index contributed by atoms with van der Waals surface area (Å²) in [6.45, 7) is 0. The number of phenols is 3. The van der Waals surface area contributed by atoms with Crippen LogP contribution in [-0.2, 0) is 11.2 Å². The first-order chi connectivity index (χ1) is 13.0. The fraction of sp³-hybridized carbons (Fsp3) is 0.222. The third-order valence-electron chi connectivity index (χ3n) is 4.50. The highest BCUT2D eigenvalue weighted by Crippen LogP contribution is 2.48. The van der Waals surface area contributed by atoms with Crippen LogP contribution in [0.4, 0.5) is 13.2 Å². The summed E-state index contributed by atoms with van der Waals surface area (Å²) in [5, 5.41) is 41.4. The lowest BCUT2D eigenvalue weighted by Crippen LogP contribution is -2.39. The van der Waals surface area contributed by atoms with Gasteiger partial charge in [-0.15, -0.1) is 0 Å². The first-order valence-corrected chi connectivity index (χ1v) is 8.02. The van der Waals surface area contributed by atoms with Gasteiger partial charge in [0.2, 0.25) is 11.2 Å². The Morgan fingerprint density at radius 3 is 2.36 bits per heavy atom. The van der Waals surface area contributed by atoms with Gasteiger partial charge in [0.1, 0.15) is 0 Å². The van der Waals surface area contributed by atoms with Crippen molar-refractivity contribution in [2.24, 2.45) is 0 Å². The summed E-state index contributed by atoms with van der Waals surface area (Å²) in [7, 11) is 0. The third-order valence-corrected chi connectivity index (χ3v) is 4.50. The van der Waals surface area contributed by atoms with Gasteiger partial charge in [-0.1, -0.05) is 6.07 Å². The van der Waals surface area contributed by atoms with E-state index >= 15 is 0 Å². The van der Waals surface area contributed by atoms with Crippen LogP contribution in [0, 0.1) is 0 Å². The van der Waals surface area contributed by atoms with Crippen molar-refractivity contribution in [2.45, 2.75) is 25.1 Å². The molecule has 0 heterocycles. The monoisotopic (exact) mass is 397 g/mol. The lowest BCUT2D eigenvalue weighted by molar-refractivity contribution is -0.174. The van der Waals surface area contributed by atoms with E-state index in [0.29, 0.717) is 0 Å². The number of carbonyl (C=O) groups excluding carboxylic acids is 1. The summed E-state index contributed by atoms with van der Waals surface area (Å²) < 4.78 is 38.1. The van der Waals surface area contributed by atoms with Crippen LogP contribution in [0.5, 0.6) is 23.0 Å². The van der Waals surface area contributed by atoms with Gasteiger partial charge >= 0.3 is 12.1 Å². The third kappa shape index (κ3) is 3.28. The van der Waals surface area contributed by atoms with Crippen LogP contribution in [0.1, 0.15) is 23.6 Å². The molecule has 3 rings (SSSR count). The van der Waals surface area contributed by atoms with Gasteiger partial charge < -0.3 is 25.7 Å². The van der Waals surface area contributed by atoms with Crippen molar-refractivity contribution in [2.75, 3.05) is 0 Å². The number of phenolic OH excluding ortho intramolecular Hbond substituents is 3. The van der Waals surface area contributed by atoms with E-state index in [0.717, 1.165) is 18.2 Å². The fourth-order valence-electron chi connectivity index (χ4n) is 3.19. The maximum Gasteiger partial charge on any atom is 0.471 e. The van der Waals surface area contributed by atoms with E-state index in [-0.39, 0.29) is 35.1 Å². The molecule has 5 N–H and O–H groups in total. The Labute approximate surface area is 155 Å². The molecule has 148 valence electrons. The molecule has 1 aliphatic carbocycles. The lowest BCUT2D eigenvalue weighted by Gasteiger charge is -2.19. The normalized spacial score (nSPS) is 15.9. The molecule has 0 radical (unpaired) electrons. The zero-order valence-corrected chi connectivity index (χ0v) is 14.0. The highest BCUT2D eigenvalue weighted by molar-refractivity contribution is 5.84. The number of benzene rings is 1. The number of nitrogens with one attached hydrogen (secondary N) is 1. The Kier molecular flexibility index (Phi) is 4.58. The van der Waals surface area contributed by atoms with Crippen LogP contribution < -0.4 is 10.7 Å². The molecular weight excluding hydrogens is 383 g/mol. The fourth-order valence-corrected chi connectivity index (χ4v) is 3.19. The second kappa shape index (κ2) is 6.63. The van der Waals surface area contributed by atoms with Crippen molar-refractivity contribution >= 4 is 5.91 Å². The molecule has 28 heavy (non-hydrogen) atoms. The molecule has 1 aliphatic rings. The van der Waals surface area contributed by atoms with Gasteiger partial charge in [-0.2, -0.15) is 13.2 Å². The Bertz CT molecular complexity index is 1040. The summed E-state index contributed by atoms with van der Waals surface area (Å²) in [5.74, 6) is -5.13. The molecule has 1 amide bonds. The van der Waals surface area contributed by atoms with Crippen LogP contribution in [0.25, 0.3) is 11.1 Å². The second-order valence-corrected chi connectivity index (χ2v) is 6.29. The topological polar surface area (TPSA) is 127 Å². The number of rotatable bonds is 1. The highest BCUT2D eigenvalue weighted by Gasteiger charge is 2.40. The van der Waals surface area contributed by atoms with Gasteiger partial charge in [0.05, 0.1) is 6.04 Å². The molecule has 0 aromatic heterocycles. The number of hydrogen-bond donors (Lipinski definition) is 5. The molecule has 1 atom stereocenters. The molecule has 0 fully saturated rings. The van der Waals surface area contributed by atoms with Crippen molar-refractivity contribution in [1.82, 2.24) is 5.32 Å². The molecule has 0 saturated heterocycles. The van der Waals surface area contributed by atoms with Gasteiger partial charge in [-0.05, 0) is 47.7 Å². The SMILES string of the molecule is O=C(N[C@H]1CCc2cc(O)c(O)c(O)c2-c2ccc(O)c(=O)cc21)C(F)(F)F. The number of halogens is 3. The smallest absolute Gasteiger partial charge is 0.471 e. The molecule has 0 saturated carbocycles. The number of amides is 1. The molecule has 0 spiro atoms. The predicted octanol–water partition coefficient (Wildman–Crippen LogP) is 2.20. The molecule has 0 unspecified atom stereocenters. The van der Waals surface area contributed by atoms with Gasteiger partial charge in [-0.25, -0.2) is 0 Å². The summed E-state index contributed by atoms with van der Waals surface area (Å²) in [5.41, 5.74) is -0.717. The van der Waals surface area contributed by atoms with E-state index in [9.17, 15) is 43.2 Å². The standard InChI is InChI=1S/C18H14F3NO6/c19-18(20,21)17(28)22-10-3-1-7-5-13(25)15(26)16(27)14(7)8-2-4-11(23)12(24)6-9(8)10/h2,4-6,10,25-27H,1,3H2,(H,22,28)(H,23,24)/t10-/m0/s1. The number of aromatic hydroxyl groups is 4. The molecule has 2 aromatic rings. The number of aryl methyl sites for hydroxylation is 1. The summed E-state index contributed by atoms with van der Waals surface area (Å²) >= 11 is 0. The lowest BCUT2D eigenvalue weighted by atomic mass is 9.95. The predicted molar refractivity (Wildman–Crippen MR) is 90.1 cm³/mol. The largest absolute Gasteiger partial charge is 0.504 e. The maximum absolute atomic E-state index is 12.7. The molecule has 7 nitrogen and oxygen atoms in total. The van der Waals surface area contributed by atoms with Gasteiger partial charge in [-0.3, -0.25) is 9.59 Å². The van der Waals surface area contributed by atoms with Crippen LogP contribution >= 0.6 is 0 Å². The molecule has 0 bridgehead atoms. The van der Waals surface area contributed by atoms with E-state index in [1.165, 1.54) is 6.07 Å². The van der Waals surface area contributed by atoms with E-state index in [2.05, 4.69) is 0 Å². The van der Waals surface area contributed by atoms with E-state index in [1.807, 2.05) is 5.32 Å².